The van der Waals surface area contributed by atoms with Crippen molar-refractivity contribution in [3.63, 3.8) is 0 Å². The largest absolute Gasteiger partial charge is 0.440 e. The summed E-state index contributed by atoms with van der Waals surface area (Å²) in [5.74, 6) is -2.67. The van der Waals surface area contributed by atoms with Crippen LogP contribution in [-0.4, -0.2) is 23.9 Å². The van der Waals surface area contributed by atoms with Gasteiger partial charge in [0, 0.05) is 13.3 Å². The van der Waals surface area contributed by atoms with Crippen LogP contribution in [0.2, 0.25) is 0 Å². The summed E-state index contributed by atoms with van der Waals surface area (Å²) in [6.07, 6.45) is -8.39. The lowest BCUT2D eigenvalue weighted by Gasteiger charge is -2.39. The zero-order valence-electron chi connectivity index (χ0n) is 11.1. The van der Waals surface area contributed by atoms with Crippen LogP contribution in [0.1, 0.15) is 26.2 Å². The number of halogens is 6. The number of rotatable bonds is 3. The third-order valence-electron chi connectivity index (χ3n) is 4.20. The maximum absolute atomic E-state index is 13.1. The molecule has 3 atom stereocenters. The number of carbonyl (C=O) groups is 1. The van der Waals surface area contributed by atoms with Crippen molar-refractivity contribution in [2.24, 2.45) is 17.8 Å². The molecule has 8 heteroatoms. The van der Waals surface area contributed by atoms with Gasteiger partial charge in [-0.05, 0) is 30.6 Å². The second kappa shape index (κ2) is 4.91. The fourth-order valence-electron chi connectivity index (χ4n) is 3.29. The van der Waals surface area contributed by atoms with E-state index in [9.17, 15) is 31.1 Å². The zero-order valence-corrected chi connectivity index (χ0v) is 11.1. The normalized spacial score (nSPS) is 29.0. The Balaban J connectivity index is 2.34. The van der Waals surface area contributed by atoms with E-state index in [1.807, 2.05) is 6.08 Å². The maximum atomic E-state index is 13.1. The molecule has 0 amide bonds. The molecule has 0 aromatic rings. The fourth-order valence-corrected chi connectivity index (χ4v) is 3.29. The van der Waals surface area contributed by atoms with Gasteiger partial charge in [0.05, 0.1) is 0 Å². The smallest absolute Gasteiger partial charge is 0.437 e. The second-order valence-corrected chi connectivity index (χ2v) is 5.66. The summed E-state index contributed by atoms with van der Waals surface area (Å²) < 4.78 is 82.5. The first-order valence-electron chi connectivity index (χ1n) is 6.47. The third-order valence-corrected chi connectivity index (χ3v) is 4.20. The molecule has 0 aliphatic heterocycles. The van der Waals surface area contributed by atoms with E-state index in [4.69, 9.17) is 0 Å². The van der Waals surface area contributed by atoms with Gasteiger partial charge in [-0.3, -0.25) is 4.79 Å². The van der Waals surface area contributed by atoms with Crippen molar-refractivity contribution in [3.05, 3.63) is 12.2 Å². The molecule has 0 aromatic carbocycles. The Morgan fingerprint density at radius 3 is 2.00 bits per heavy atom. The number of fused-ring (bicyclic) bond motifs is 2. The van der Waals surface area contributed by atoms with E-state index in [-0.39, 0.29) is 18.3 Å². The van der Waals surface area contributed by atoms with Crippen LogP contribution in [0.15, 0.2) is 12.2 Å². The molecule has 2 bridgehead atoms. The summed E-state index contributed by atoms with van der Waals surface area (Å²) in [7, 11) is 0. The molecule has 0 spiro atoms. The SMILES string of the molecule is CC(=O)OC(CC1CC2C=CC1C2)(C(F)(F)F)C(F)(F)F. The van der Waals surface area contributed by atoms with Gasteiger partial charge in [0.2, 0.25) is 0 Å². The number of allylic oxidation sites excluding steroid dienone is 2. The van der Waals surface area contributed by atoms with Crippen LogP contribution in [0.4, 0.5) is 26.3 Å². The Labute approximate surface area is 117 Å². The molecule has 0 radical (unpaired) electrons. The van der Waals surface area contributed by atoms with Crippen LogP contribution in [0, 0.1) is 17.8 Å². The van der Waals surface area contributed by atoms with Crippen LogP contribution in [0.3, 0.4) is 0 Å². The first-order chi connectivity index (χ1) is 9.46. The van der Waals surface area contributed by atoms with Crippen molar-refractivity contribution in [1.82, 2.24) is 0 Å². The molecule has 21 heavy (non-hydrogen) atoms. The van der Waals surface area contributed by atoms with Gasteiger partial charge in [0.15, 0.2) is 0 Å². The monoisotopic (exact) mass is 316 g/mol. The van der Waals surface area contributed by atoms with Crippen LogP contribution in [-0.2, 0) is 9.53 Å². The van der Waals surface area contributed by atoms with Gasteiger partial charge in [0.1, 0.15) is 0 Å². The zero-order chi connectivity index (χ0) is 16.1. The van der Waals surface area contributed by atoms with Crippen molar-refractivity contribution in [2.75, 3.05) is 0 Å². The average Bonchev–Trinajstić information content (AvgIpc) is 2.85. The number of hydrogen-bond acceptors (Lipinski definition) is 2. The number of hydrogen-bond donors (Lipinski definition) is 0. The number of esters is 1. The summed E-state index contributed by atoms with van der Waals surface area (Å²) >= 11 is 0. The highest BCUT2D eigenvalue weighted by molar-refractivity contribution is 5.66. The van der Waals surface area contributed by atoms with E-state index in [1.54, 1.807) is 6.08 Å². The van der Waals surface area contributed by atoms with Crippen molar-refractivity contribution in [1.29, 1.82) is 0 Å². The van der Waals surface area contributed by atoms with Crippen LogP contribution >= 0.6 is 0 Å². The molecular formula is C13H14F6O2. The molecule has 1 saturated carbocycles. The van der Waals surface area contributed by atoms with E-state index in [1.165, 1.54) is 0 Å². The highest BCUT2D eigenvalue weighted by atomic mass is 19.4. The summed E-state index contributed by atoms with van der Waals surface area (Å²) in [4.78, 5) is 10.9. The van der Waals surface area contributed by atoms with Gasteiger partial charge in [-0.2, -0.15) is 26.3 Å². The van der Waals surface area contributed by atoms with E-state index in [0.717, 1.165) is 0 Å². The predicted molar refractivity (Wildman–Crippen MR) is 60.1 cm³/mol. The molecular weight excluding hydrogens is 302 g/mol. The Kier molecular flexibility index (Phi) is 3.78. The summed E-state index contributed by atoms with van der Waals surface area (Å²) in [5, 5.41) is 0. The maximum Gasteiger partial charge on any atom is 0.437 e. The van der Waals surface area contributed by atoms with Crippen molar-refractivity contribution < 1.29 is 35.9 Å². The minimum atomic E-state index is -5.71. The minimum absolute atomic E-state index is 0.0245. The topological polar surface area (TPSA) is 26.3 Å². The first kappa shape index (κ1) is 16.2. The second-order valence-electron chi connectivity index (χ2n) is 5.66. The first-order valence-corrected chi connectivity index (χ1v) is 6.47. The van der Waals surface area contributed by atoms with Crippen molar-refractivity contribution in [3.8, 4) is 0 Å². The van der Waals surface area contributed by atoms with Crippen molar-refractivity contribution >= 4 is 5.97 Å². The van der Waals surface area contributed by atoms with Crippen molar-refractivity contribution in [2.45, 2.75) is 44.1 Å². The number of carbonyl (C=O) groups excluding carboxylic acids is 1. The standard InChI is InChI=1S/C13H14F6O2/c1-7(20)21-11(12(14,15)16,13(17,18)19)6-10-5-8-2-3-9(10)4-8/h2-3,8-10H,4-6H2,1H3. The van der Waals surface area contributed by atoms with Crippen LogP contribution in [0.25, 0.3) is 0 Å². The Hall–Kier alpha value is -1.21. The molecule has 3 unspecified atom stereocenters. The van der Waals surface area contributed by atoms with Gasteiger partial charge in [-0.25, -0.2) is 0 Å². The Bertz CT molecular complexity index is 437. The van der Waals surface area contributed by atoms with Crippen LogP contribution < -0.4 is 0 Å². The third kappa shape index (κ3) is 2.76. The van der Waals surface area contributed by atoms with Gasteiger partial charge in [-0.1, -0.05) is 12.2 Å². The van der Waals surface area contributed by atoms with E-state index < -0.39 is 36.3 Å². The average molecular weight is 316 g/mol. The molecule has 2 rings (SSSR count). The molecule has 2 aliphatic carbocycles. The summed E-state index contributed by atoms with van der Waals surface area (Å²) in [6.45, 7) is 0.549. The molecule has 0 aromatic heterocycles. The quantitative estimate of drug-likeness (QED) is 0.447. The van der Waals surface area contributed by atoms with E-state index in [0.29, 0.717) is 13.3 Å². The fraction of sp³-hybridized carbons (Fsp3) is 0.769. The highest BCUT2D eigenvalue weighted by Gasteiger charge is 2.74. The summed E-state index contributed by atoms with van der Waals surface area (Å²) in [6, 6.07) is 0. The Morgan fingerprint density at radius 1 is 1.10 bits per heavy atom. The van der Waals surface area contributed by atoms with Crippen LogP contribution in [0.5, 0.6) is 0 Å². The van der Waals surface area contributed by atoms with Gasteiger partial charge >= 0.3 is 23.9 Å². The molecule has 2 aliphatic rings. The molecule has 2 nitrogen and oxygen atoms in total. The molecule has 0 N–H and O–H groups in total. The van der Waals surface area contributed by atoms with Gasteiger partial charge in [-0.15, -0.1) is 0 Å². The minimum Gasteiger partial charge on any atom is -0.440 e. The lowest BCUT2D eigenvalue weighted by Crippen LogP contribution is -2.60. The lowest BCUT2D eigenvalue weighted by atomic mass is 9.81. The van der Waals surface area contributed by atoms with E-state index >= 15 is 0 Å². The number of alkyl halides is 6. The summed E-state index contributed by atoms with van der Waals surface area (Å²) in [5.41, 5.74) is -4.42. The van der Waals surface area contributed by atoms with Gasteiger partial charge < -0.3 is 4.74 Å². The molecule has 0 saturated heterocycles. The Morgan fingerprint density at radius 2 is 1.67 bits per heavy atom. The number of ether oxygens (including phenoxy) is 1. The lowest BCUT2D eigenvalue weighted by molar-refractivity contribution is -0.374. The van der Waals surface area contributed by atoms with E-state index in [2.05, 4.69) is 4.74 Å². The predicted octanol–water partition coefficient (Wildman–Crippen LogP) is 4.02. The molecule has 1 fully saturated rings. The highest BCUT2D eigenvalue weighted by Crippen LogP contribution is 2.54. The molecule has 120 valence electrons. The van der Waals surface area contributed by atoms with Gasteiger partial charge in [0.25, 0.3) is 0 Å². The molecule has 0 heterocycles.